The molecule has 0 radical (unpaired) electrons. The van der Waals surface area contributed by atoms with Crippen LogP contribution < -0.4 is 5.73 Å². The summed E-state index contributed by atoms with van der Waals surface area (Å²) in [4.78, 5) is 8.22. The van der Waals surface area contributed by atoms with E-state index in [1.807, 2.05) is 29.7 Å². The van der Waals surface area contributed by atoms with Gasteiger partial charge in [-0.1, -0.05) is 6.07 Å². The van der Waals surface area contributed by atoms with Gasteiger partial charge in [-0.15, -0.1) is 0 Å². The third kappa shape index (κ3) is 2.35. The highest BCUT2D eigenvalue weighted by Gasteiger charge is 2.10. The van der Waals surface area contributed by atoms with Crippen molar-refractivity contribution < 1.29 is 0 Å². The van der Waals surface area contributed by atoms with Crippen LogP contribution in [-0.4, -0.2) is 14.5 Å². The Morgan fingerprint density at radius 3 is 2.86 bits per heavy atom. The van der Waals surface area contributed by atoms with Crippen molar-refractivity contribution in [3.05, 3.63) is 60.2 Å². The van der Waals surface area contributed by atoms with Gasteiger partial charge in [-0.05, 0) is 36.8 Å². The van der Waals surface area contributed by atoms with E-state index < -0.39 is 0 Å². The third-order valence-electron chi connectivity index (χ3n) is 3.31. The van der Waals surface area contributed by atoms with Crippen LogP contribution in [0.4, 0.5) is 5.82 Å². The molecular weight excluding hydrogens is 262 g/mol. The lowest BCUT2D eigenvalue weighted by atomic mass is 10.1. The van der Waals surface area contributed by atoms with Crippen LogP contribution in [-0.2, 0) is 0 Å². The Balaban J connectivity index is 2.18. The monoisotopic (exact) mass is 275 g/mol. The molecule has 0 atom stereocenters. The van der Waals surface area contributed by atoms with Crippen LogP contribution in [0.2, 0.25) is 0 Å². The topological polar surface area (TPSA) is 80.5 Å². The van der Waals surface area contributed by atoms with Crippen molar-refractivity contribution in [2.45, 2.75) is 6.92 Å². The standard InChI is InChI=1S/C16H13N5/c1-11-2-3-12(8-17)6-14(11)21-10-19-9-15(21)13-4-5-20-16(18)7-13/h2-7,9-10H,1H3,(H2,18,20). The molecule has 2 aromatic heterocycles. The highest BCUT2D eigenvalue weighted by Crippen LogP contribution is 2.25. The van der Waals surface area contributed by atoms with Gasteiger partial charge in [0.15, 0.2) is 0 Å². The van der Waals surface area contributed by atoms with E-state index in [4.69, 9.17) is 11.0 Å². The van der Waals surface area contributed by atoms with E-state index in [0.29, 0.717) is 11.4 Å². The number of aryl methyl sites for hydroxylation is 1. The van der Waals surface area contributed by atoms with E-state index in [-0.39, 0.29) is 0 Å². The second-order valence-electron chi connectivity index (χ2n) is 4.73. The fraction of sp³-hybridized carbons (Fsp3) is 0.0625. The van der Waals surface area contributed by atoms with Crippen molar-refractivity contribution in [1.82, 2.24) is 14.5 Å². The molecule has 2 N–H and O–H groups in total. The van der Waals surface area contributed by atoms with Gasteiger partial charge in [-0.3, -0.25) is 4.57 Å². The number of nitrogens with two attached hydrogens (primary N) is 1. The summed E-state index contributed by atoms with van der Waals surface area (Å²) in [6.45, 7) is 2.00. The molecule has 0 unspecified atom stereocenters. The van der Waals surface area contributed by atoms with Gasteiger partial charge < -0.3 is 5.73 Å². The molecule has 3 rings (SSSR count). The van der Waals surface area contributed by atoms with E-state index >= 15 is 0 Å². The van der Waals surface area contributed by atoms with E-state index in [1.165, 1.54) is 0 Å². The Hall–Kier alpha value is -3.13. The highest BCUT2D eigenvalue weighted by molar-refractivity contribution is 5.65. The van der Waals surface area contributed by atoms with Crippen LogP contribution in [0.5, 0.6) is 0 Å². The second-order valence-corrected chi connectivity index (χ2v) is 4.73. The Labute approximate surface area is 122 Å². The van der Waals surface area contributed by atoms with Gasteiger partial charge in [0, 0.05) is 11.8 Å². The van der Waals surface area contributed by atoms with Gasteiger partial charge in [0.2, 0.25) is 0 Å². The molecule has 0 aliphatic rings. The molecule has 1 aromatic carbocycles. The molecule has 0 aliphatic carbocycles. The number of nitrogen functional groups attached to an aromatic ring is 1. The minimum atomic E-state index is 0.461. The van der Waals surface area contributed by atoms with Gasteiger partial charge in [-0.25, -0.2) is 9.97 Å². The smallest absolute Gasteiger partial charge is 0.123 e. The van der Waals surface area contributed by atoms with Crippen molar-refractivity contribution in [2.24, 2.45) is 0 Å². The minimum Gasteiger partial charge on any atom is -0.384 e. The SMILES string of the molecule is Cc1ccc(C#N)cc1-n1cncc1-c1ccnc(N)c1. The lowest BCUT2D eigenvalue weighted by Gasteiger charge is -2.11. The number of hydrogen-bond acceptors (Lipinski definition) is 4. The van der Waals surface area contributed by atoms with Crippen molar-refractivity contribution in [1.29, 1.82) is 5.26 Å². The summed E-state index contributed by atoms with van der Waals surface area (Å²) in [7, 11) is 0. The summed E-state index contributed by atoms with van der Waals surface area (Å²) in [5, 5.41) is 9.07. The van der Waals surface area contributed by atoms with Gasteiger partial charge in [0.25, 0.3) is 0 Å². The van der Waals surface area contributed by atoms with Gasteiger partial charge in [-0.2, -0.15) is 5.26 Å². The number of imidazole rings is 1. The molecule has 0 saturated carbocycles. The summed E-state index contributed by atoms with van der Waals surface area (Å²) in [6, 6.07) is 11.4. The normalized spacial score (nSPS) is 10.3. The summed E-state index contributed by atoms with van der Waals surface area (Å²) in [5.41, 5.74) is 10.2. The number of benzene rings is 1. The molecule has 5 heteroatoms. The number of hydrogen-bond donors (Lipinski definition) is 1. The van der Waals surface area contributed by atoms with Crippen LogP contribution in [0.1, 0.15) is 11.1 Å². The fourth-order valence-corrected chi connectivity index (χ4v) is 2.25. The van der Waals surface area contributed by atoms with Crippen LogP contribution in [0, 0.1) is 18.3 Å². The molecule has 5 nitrogen and oxygen atoms in total. The van der Waals surface area contributed by atoms with Gasteiger partial charge in [0.05, 0.1) is 35.5 Å². The molecule has 0 amide bonds. The number of rotatable bonds is 2. The maximum atomic E-state index is 9.07. The Morgan fingerprint density at radius 2 is 2.10 bits per heavy atom. The molecule has 102 valence electrons. The van der Waals surface area contributed by atoms with E-state index in [9.17, 15) is 0 Å². The average Bonchev–Trinajstić information content (AvgIpc) is 2.97. The molecule has 0 bridgehead atoms. The van der Waals surface area contributed by atoms with Crippen LogP contribution >= 0.6 is 0 Å². The second kappa shape index (κ2) is 5.10. The summed E-state index contributed by atoms with van der Waals surface area (Å²) >= 11 is 0. The maximum absolute atomic E-state index is 9.07. The highest BCUT2D eigenvalue weighted by atomic mass is 15.1. The van der Waals surface area contributed by atoms with Crippen LogP contribution in [0.3, 0.4) is 0 Å². The number of pyridine rings is 1. The molecular formula is C16H13N5. The predicted molar refractivity (Wildman–Crippen MR) is 80.7 cm³/mol. The van der Waals surface area contributed by atoms with Gasteiger partial charge >= 0.3 is 0 Å². The first-order valence-corrected chi connectivity index (χ1v) is 6.44. The number of anilines is 1. The Kier molecular flexibility index (Phi) is 3.13. The van der Waals surface area contributed by atoms with Crippen molar-refractivity contribution in [3.8, 4) is 23.0 Å². The molecule has 0 saturated heterocycles. The molecule has 0 spiro atoms. The summed E-state index contributed by atoms with van der Waals surface area (Å²) in [6.07, 6.45) is 5.17. The predicted octanol–water partition coefficient (Wildman–Crippen LogP) is 2.70. The van der Waals surface area contributed by atoms with Crippen molar-refractivity contribution in [3.63, 3.8) is 0 Å². The van der Waals surface area contributed by atoms with Crippen LogP contribution in [0.15, 0.2) is 49.1 Å². The zero-order valence-corrected chi connectivity index (χ0v) is 11.5. The maximum Gasteiger partial charge on any atom is 0.123 e. The van der Waals surface area contributed by atoms with Crippen molar-refractivity contribution >= 4 is 5.82 Å². The fourth-order valence-electron chi connectivity index (χ4n) is 2.25. The number of nitrogens with zero attached hydrogens (tertiary/aromatic N) is 4. The molecule has 2 heterocycles. The largest absolute Gasteiger partial charge is 0.384 e. The average molecular weight is 275 g/mol. The number of nitriles is 1. The summed E-state index contributed by atoms with van der Waals surface area (Å²) in [5.74, 6) is 0.461. The van der Waals surface area contributed by atoms with Gasteiger partial charge in [0.1, 0.15) is 5.82 Å². The summed E-state index contributed by atoms with van der Waals surface area (Å²) < 4.78 is 1.95. The molecule has 3 aromatic rings. The Bertz CT molecular complexity index is 842. The molecule has 0 aliphatic heterocycles. The quantitative estimate of drug-likeness (QED) is 0.779. The zero-order chi connectivity index (χ0) is 14.8. The third-order valence-corrected chi connectivity index (χ3v) is 3.31. The Morgan fingerprint density at radius 1 is 1.24 bits per heavy atom. The van der Waals surface area contributed by atoms with E-state index in [2.05, 4.69) is 16.0 Å². The van der Waals surface area contributed by atoms with Crippen molar-refractivity contribution in [2.75, 3.05) is 5.73 Å². The van der Waals surface area contributed by atoms with E-state index in [0.717, 1.165) is 22.5 Å². The van der Waals surface area contributed by atoms with E-state index in [1.54, 1.807) is 30.9 Å². The van der Waals surface area contributed by atoms with Crippen LogP contribution in [0.25, 0.3) is 16.9 Å². The first kappa shape index (κ1) is 12.9. The lowest BCUT2D eigenvalue weighted by Crippen LogP contribution is -1.99. The minimum absolute atomic E-state index is 0.461. The first-order chi connectivity index (χ1) is 10.2. The molecule has 21 heavy (non-hydrogen) atoms. The first-order valence-electron chi connectivity index (χ1n) is 6.44. The zero-order valence-electron chi connectivity index (χ0n) is 11.5. The number of aromatic nitrogens is 3. The lowest BCUT2D eigenvalue weighted by molar-refractivity contribution is 1.04. The molecule has 0 fully saturated rings.